The molecule has 0 aromatic heterocycles. The third kappa shape index (κ3) is 4.38. The van der Waals surface area contributed by atoms with E-state index >= 15 is 0 Å². The van der Waals surface area contributed by atoms with Crippen LogP contribution in [0.15, 0.2) is 47.4 Å². The topological polar surface area (TPSA) is 110 Å². The minimum atomic E-state index is -4.10. The molecule has 0 saturated carbocycles. The number of carbonyl (C=O) groups is 1. The van der Waals surface area contributed by atoms with Crippen molar-refractivity contribution >= 4 is 37.3 Å². The lowest BCUT2D eigenvalue weighted by atomic mass is 10.2. The maximum Gasteiger partial charge on any atom is 0.265 e. The predicted molar refractivity (Wildman–Crippen MR) is 110 cm³/mol. The van der Waals surface area contributed by atoms with Gasteiger partial charge in [-0.25, -0.2) is 21.1 Å². The van der Waals surface area contributed by atoms with E-state index in [0.717, 1.165) is 18.1 Å². The van der Waals surface area contributed by atoms with Crippen molar-refractivity contribution in [3.05, 3.63) is 48.0 Å². The Morgan fingerprint density at radius 2 is 1.79 bits per heavy atom. The molecule has 1 N–H and O–H groups in total. The first-order chi connectivity index (χ1) is 13.7. The summed E-state index contributed by atoms with van der Waals surface area (Å²) in [7, 11) is -7.92. The third-order valence-electron chi connectivity index (χ3n) is 4.44. The second-order valence-corrected chi connectivity index (χ2v) is 10.0. The van der Waals surface area contributed by atoms with E-state index in [2.05, 4.69) is 4.72 Å². The van der Waals surface area contributed by atoms with Crippen molar-refractivity contribution in [1.82, 2.24) is 0 Å². The predicted octanol–water partition coefficient (Wildman–Crippen LogP) is 2.52. The van der Waals surface area contributed by atoms with Gasteiger partial charge >= 0.3 is 0 Å². The molecule has 10 heteroatoms. The van der Waals surface area contributed by atoms with E-state index in [9.17, 15) is 21.6 Å². The summed E-state index contributed by atoms with van der Waals surface area (Å²) in [5, 5.41) is 0. The van der Waals surface area contributed by atoms with Crippen LogP contribution < -0.4 is 13.8 Å². The second-order valence-electron chi connectivity index (χ2n) is 6.44. The maximum absolute atomic E-state index is 13.0. The number of anilines is 2. The van der Waals surface area contributed by atoms with Gasteiger partial charge in [0.1, 0.15) is 10.6 Å². The Morgan fingerprint density at radius 1 is 1.10 bits per heavy atom. The fourth-order valence-electron chi connectivity index (χ4n) is 3.00. The number of hydrogen-bond donors (Lipinski definition) is 1. The van der Waals surface area contributed by atoms with Crippen LogP contribution in [0.1, 0.15) is 25.8 Å². The minimum Gasteiger partial charge on any atom is -0.492 e. The van der Waals surface area contributed by atoms with Gasteiger partial charge in [-0.15, -0.1) is 0 Å². The molecule has 0 radical (unpaired) electrons. The van der Waals surface area contributed by atoms with Gasteiger partial charge in [-0.1, -0.05) is 19.1 Å². The van der Waals surface area contributed by atoms with Crippen molar-refractivity contribution in [1.29, 1.82) is 0 Å². The molecule has 156 valence electrons. The van der Waals surface area contributed by atoms with Crippen LogP contribution in [-0.4, -0.2) is 35.1 Å². The van der Waals surface area contributed by atoms with E-state index < -0.39 is 26.0 Å². The molecular formula is C19H22N2O6S2. The molecule has 0 aliphatic carbocycles. The number of rotatable bonds is 7. The van der Waals surface area contributed by atoms with Crippen molar-refractivity contribution in [3.63, 3.8) is 0 Å². The summed E-state index contributed by atoms with van der Waals surface area (Å²) in [6.45, 7) is 3.91. The van der Waals surface area contributed by atoms with E-state index in [1.54, 1.807) is 19.1 Å². The molecule has 2 aromatic rings. The van der Waals surface area contributed by atoms with Gasteiger partial charge in [0.15, 0.2) is 0 Å². The van der Waals surface area contributed by atoms with Crippen molar-refractivity contribution in [2.75, 3.05) is 21.4 Å². The summed E-state index contributed by atoms with van der Waals surface area (Å²) in [4.78, 5) is 11.8. The van der Waals surface area contributed by atoms with Crippen molar-refractivity contribution < 1.29 is 26.4 Å². The molecule has 1 saturated heterocycles. The van der Waals surface area contributed by atoms with E-state index in [-0.39, 0.29) is 35.1 Å². The fraction of sp³-hybridized carbons (Fsp3) is 0.316. The summed E-state index contributed by atoms with van der Waals surface area (Å²) < 4.78 is 59.0. The van der Waals surface area contributed by atoms with Crippen LogP contribution in [0.25, 0.3) is 0 Å². The number of sulfonamides is 2. The Balaban J connectivity index is 2.04. The number of ether oxygens (including phenoxy) is 1. The zero-order valence-electron chi connectivity index (χ0n) is 16.1. The molecule has 0 bridgehead atoms. The molecule has 1 aliphatic heterocycles. The Morgan fingerprint density at radius 3 is 2.34 bits per heavy atom. The number of amides is 1. The fourth-order valence-corrected chi connectivity index (χ4v) is 5.67. The molecule has 0 unspecified atom stereocenters. The molecule has 29 heavy (non-hydrogen) atoms. The average molecular weight is 439 g/mol. The first-order valence-electron chi connectivity index (χ1n) is 9.12. The SMILES string of the molecule is CCOc1ccc(N2C(=O)CCS2(=O)=O)cc1S(=O)(=O)Nc1ccc(CC)cc1. The quantitative estimate of drug-likeness (QED) is 0.711. The van der Waals surface area contributed by atoms with Gasteiger partial charge in [0.2, 0.25) is 15.9 Å². The number of nitrogens with one attached hydrogen (secondary N) is 1. The largest absolute Gasteiger partial charge is 0.492 e. The van der Waals surface area contributed by atoms with Crippen LogP contribution in [0.3, 0.4) is 0 Å². The molecule has 0 spiro atoms. The molecule has 1 amide bonds. The number of benzene rings is 2. The van der Waals surface area contributed by atoms with E-state index in [4.69, 9.17) is 4.74 Å². The minimum absolute atomic E-state index is 0.0299. The Hall–Kier alpha value is -2.59. The van der Waals surface area contributed by atoms with Crippen molar-refractivity contribution in [2.45, 2.75) is 31.6 Å². The molecule has 2 aromatic carbocycles. The molecule has 3 rings (SSSR count). The van der Waals surface area contributed by atoms with Crippen LogP contribution in [0, 0.1) is 0 Å². The lowest BCUT2D eigenvalue weighted by Crippen LogP contribution is -2.29. The second kappa shape index (κ2) is 8.03. The van der Waals surface area contributed by atoms with Gasteiger partial charge in [-0.3, -0.25) is 9.52 Å². The zero-order valence-corrected chi connectivity index (χ0v) is 17.7. The maximum atomic E-state index is 13.0. The Kier molecular flexibility index (Phi) is 5.85. The molecule has 0 atom stereocenters. The van der Waals surface area contributed by atoms with E-state index in [0.29, 0.717) is 9.99 Å². The number of hydrogen-bond acceptors (Lipinski definition) is 6. The number of aryl methyl sites for hydroxylation is 1. The molecule has 1 fully saturated rings. The zero-order chi connectivity index (χ0) is 21.2. The van der Waals surface area contributed by atoms with Crippen LogP contribution in [0.2, 0.25) is 0 Å². The summed E-state index contributed by atoms with van der Waals surface area (Å²) in [6, 6.07) is 10.8. The van der Waals surface area contributed by atoms with Crippen LogP contribution in [0.4, 0.5) is 11.4 Å². The summed E-state index contributed by atoms with van der Waals surface area (Å²) in [6.07, 6.45) is 0.682. The summed E-state index contributed by atoms with van der Waals surface area (Å²) in [5.74, 6) is -0.832. The highest BCUT2D eigenvalue weighted by Crippen LogP contribution is 2.33. The van der Waals surface area contributed by atoms with Crippen LogP contribution in [0.5, 0.6) is 5.75 Å². The Bertz CT molecular complexity index is 1130. The highest BCUT2D eigenvalue weighted by Gasteiger charge is 2.37. The van der Waals surface area contributed by atoms with Crippen molar-refractivity contribution in [2.24, 2.45) is 0 Å². The van der Waals surface area contributed by atoms with Gasteiger partial charge in [-0.2, -0.15) is 0 Å². The Labute approximate surface area is 170 Å². The van der Waals surface area contributed by atoms with Gasteiger partial charge in [-0.05, 0) is 49.2 Å². The molecular weight excluding hydrogens is 416 g/mol. The first kappa shape index (κ1) is 21.1. The molecule has 8 nitrogen and oxygen atoms in total. The van der Waals surface area contributed by atoms with E-state index in [1.165, 1.54) is 12.1 Å². The monoisotopic (exact) mass is 438 g/mol. The van der Waals surface area contributed by atoms with Gasteiger partial charge in [0.05, 0.1) is 18.0 Å². The van der Waals surface area contributed by atoms with Gasteiger partial charge < -0.3 is 4.74 Å². The smallest absolute Gasteiger partial charge is 0.265 e. The lowest BCUT2D eigenvalue weighted by Gasteiger charge is -2.18. The van der Waals surface area contributed by atoms with Crippen molar-refractivity contribution in [3.8, 4) is 5.75 Å². The van der Waals surface area contributed by atoms with Crippen LogP contribution >= 0.6 is 0 Å². The number of carbonyl (C=O) groups excluding carboxylic acids is 1. The molecule has 1 heterocycles. The van der Waals surface area contributed by atoms with Crippen LogP contribution in [-0.2, 0) is 31.3 Å². The standard InChI is InChI=1S/C19H22N2O6S2/c1-3-14-5-7-15(8-6-14)20-29(25,26)18-13-16(9-10-17(18)27-4-2)21-19(22)11-12-28(21,23)24/h5-10,13,20H,3-4,11-12H2,1-2H3. The van der Waals surface area contributed by atoms with Gasteiger partial charge in [0.25, 0.3) is 10.0 Å². The summed E-state index contributed by atoms with van der Waals surface area (Å²) in [5.41, 5.74) is 1.39. The normalized spacial score (nSPS) is 16.1. The highest BCUT2D eigenvalue weighted by molar-refractivity contribution is 7.94. The third-order valence-corrected chi connectivity index (χ3v) is 7.54. The average Bonchev–Trinajstić information content (AvgIpc) is 2.95. The molecule has 1 aliphatic rings. The number of nitrogens with zero attached hydrogens (tertiary/aromatic N) is 1. The van der Waals surface area contributed by atoms with E-state index in [1.807, 2.05) is 19.1 Å². The van der Waals surface area contributed by atoms with Gasteiger partial charge in [0, 0.05) is 12.1 Å². The first-order valence-corrected chi connectivity index (χ1v) is 12.2. The highest BCUT2D eigenvalue weighted by atomic mass is 32.2. The summed E-state index contributed by atoms with van der Waals surface area (Å²) >= 11 is 0. The lowest BCUT2D eigenvalue weighted by molar-refractivity contribution is -0.116.